The van der Waals surface area contributed by atoms with Crippen molar-refractivity contribution in [2.75, 3.05) is 33.3 Å². The van der Waals surface area contributed by atoms with Crippen LogP contribution in [0.4, 0.5) is 0 Å². The highest BCUT2D eigenvalue weighted by molar-refractivity contribution is 5.82. The third kappa shape index (κ3) is 3.97. The molecule has 3 rings (SSSR count). The fraction of sp³-hybridized carbons (Fsp3) is 0.600. The molecule has 1 heterocycles. The van der Waals surface area contributed by atoms with Crippen LogP contribution in [0.1, 0.15) is 36.0 Å². The minimum atomic E-state index is 0.147. The van der Waals surface area contributed by atoms with E-state index in [-0.39, 0.29) is 17.7 Å². The Balaban J connectivity index is 1.61. The molecule has 0 unspecified atom stereocenters. The van der Waals surface area contributed by atoms with E-state index in [9.17, 15) is 9.59 Å². The molecule has 1 saturated heterocycles. The first kappa shape index (κ1) is 17.8. The Morgan fingerprint density at radius 2 is 1.72 bits per heavy atom. The van der Waals surface area contributed by atoms with Gasteiger partial charge in [-0.25, -0.2) is 0 Å². The number of carbonyl (C=O) groups is 2. The zero-order valence-electron chi connectivity index (χ0n) is 15.5. The summed E-state index contributed by atoms with van der Waals surface area (Å²) in [4.78, 5) is 28.9. The van der Waals surface area contributed by atoms with Crippen LogP contribution < -0.4 is 4.74 Å². The number of hydrogen-bond donors (Lipinski definition) is 0. The highest BCUT2D eigenvalue weighted by atomic mass is 16.5. The molecule has 0 spiro atoms. The second-order valence-electron chi connectivity index (χ2n) is 7.19. The van der Waals surface area contributed by atoms with Gasteiger partial charge in [0.25, 0.3) is 0 Å². The van der Waals surface area contributed by atoms with E-state index in [1.807, 2.05) is 35.8 Å². The Morgan fingerprint density at radius 1 is 1.04 bits per heavy atom. The summed E-state index contributed by atoms with van der Waals surface area (Å²) in [6.07, 6.45) is 3.35. The topological polar surface area (TPSA) is 49.9 Å². The maximum atomic E-state index is 12.8. The van der Waals surface area contributed by atoms with Gasteiger partial charge in [0, 0.05) is 32.1 Å². The summed E-state index contributed by atoms with van der Waals surface area (Å²) in [5, 5.41) is 0. The van der Waals surface area contributed by atoms with Gasteiger partial charge >= 0.3 is 0 Å². The highest BCUT2D eigenvalue weighted by Gasteiger charge is 2.34. The highest BCUT2D eigenvalue weighted by Crippen LogP contribution is 2.31. The molecular weight excluding hydrogens is 316 g/mol. The first-order valence-corrected chi connectivity index (χ1v) is 9.21. The van der Waals surface area contributed by atoms with Gasteiger partial charge in [-0.1, -0.05) is 6.07 Å². The van der Waals surface area contributed by atoms with E-state index in [2.05, 4.69) is 0 Å². The summed E-state index contributed by atoms with van der Waals surface area (Å²) in [5.74, 6) is 1.55. The van der Waals surface area contributed by atoms with Gasteiger partial charge in [-0.3, -0.25) is 9.59 Å². The van der Waals surface area contributed by atoms with E-state index in [0.717, 1.165) is 54.8 Å². The van der Waals surface area contributed by atoms with E-state index < -0.39 is 0 Å². The molecule has 2 amide bonds. The lowest BCUT2D eigenvalue weighted by Gasteiger charge is -2.23. The smallest absolute Gasteiger partial charge is 0.227 e. The first-order valence-electron chi connectivity index (χ1n) is 9.21. The third-order valence-corrected chi connectivity index (χ3v) is 5.50. The van der Waals surface area contributed by atoms with Crippen LogP contribution in [0.2, 0.25) is 0 Å². The second kappa shape index (κ2) is 7.46. The van der Waals surface area contributed by atoms with Crippen LogP contribution in [0.5, 0.6) is 5.75 Å². The van der Waals surface area contributed by atoms with Crippen LogP contribution in [-0.4, -0.2) is 54.9 Å². The van der Waals surface area contributed by atoms with Gasteiger partial charge in [-0.2, -0.15) is 0 Å². The Bertz CT molecular complexity index is 667. The molecule has 5 nitrogen and oxygen atoms in total. The van der Waals surface area contributed by atoms with Crippen molar-refractivity contribution in [3.8, 4) is 5.75 Å². The molecule has 0 bridgehead atoms. The molecule has 0 N–H and O–H groups in total. The van der Waals surface area contributed by atoms with Gasteiger partial charge < -0.3 is 14.5 Å². The third-order valence-electron chi connectivity index (χ3n) is 5.50. The Morgan fingerprint density at radius 3 is 2.40 bits per heavy atom. The first-order chi connectivity index (χ1) is 12.0. The van der Waals surface area contributed by atoms with Crippen LogP contribution >= 0.6 is 0 Å². The molecule has 0 atom stereocenters. The largest absolute Gasteiger partial charge is 0.496 e. The molecule has 1 aliphatic heterocycles. The van der Waals surface area contributed by atoms with Crippen LogP contribution in [0.3, 0.4) is 0 Å². The maximum absolute atomic E-state index is 12.8. The number of benzene rings is 1. The molecule has 1 aromatic rings. The van der Waals surface area contributed by atoms with Gasteiger partial charge in [0.1, 0.15) is 5.75 Å². The quantitative estimate of drug-likeness (QED) is 0.842. The van der Waals surface area contributed by atoms with Crippen molar-refractivity contribution in [1.29, 1.82) is 0 Å². The lowest BCUT2D eigenvalue weighted by molar-refractivity contribution is -0.134. The van der Waals surface area contributed by atoms with Gasteiger partial charge in [0.05, 0.1) is 13.5 Å². The van der Waals surface area contributed by atoms with Crippen molar-refractivity contribution in [1.82, 2.24) is 9.80 Å². The normalized spacial score (nSPS) is 18.0. The standard InChI is InChI=1S/C20H28N2O3/c1-14-15(2)18(25-3)8-7-17(14)13-19(23)21-9-4-10-22(12-11-21)20(24)16-5-6-16/h7-8,16H,4-6,9-13H2,1-3H3. The van der Waals surface area contributed by atoms with Crippen LogP contribution in [-0.2, 0) is 16.0 Å². The van der Waals surface area contributed by atoms with Gasteiger partial charge in [0.15, 0.2) is 0 Å². The van der Waals surface area contributed by atoms with Crippen molar-refractivity contribution in [3.63, 3.8) is 0 Å². The summed E-state index contributed by atoms with van der Waals surface area (Å²) in [7, 11) is 1.67. The van der Waals surface area contributed by atoms with E-state index >= 15 is 0 Å². The van der Waals surface area contributed by atoms with E-state index in [1.54, 1.807) is 7.11 Å². The predicted molar refractivity (Wildman–Crippen MR) is 96.7 cm³/mol. The SMILES string of the molecule is COc1ccc(CC(=O)N2CCCN(C(=O)C3CC3)CC2)c(C)c1C. The lowest BCUT2D eigenvalue weighted by atomic mass is 9.99. The van der Waals surface area contributed by atoms with Gasteiger partial charge in [0.2, 0.25) is 11.8 Å². The minimum absolute atomic E-state index is 0.147. The fourth-order valence-electron chi connectivity index (χ4n) is 3.52. The average molecular weight is 344 g/mol. The number of nitrogens with zero attached hydrogens (tertiary/aromatic N) is 2. The Labute approximate surface area is 149 Å². The van der Waals surface area contributed by atoms with Crippen molar-refractivity contribution < 1.29 is 14.3 Å². The summed E-state index contributed by atoms with van der Waals surface area (Å²) in [5.41, 5.74) is 3.26. The maximum Gasteiger partial charge on any atom is 0.227 e. The number of ether oxygens (including phenoxy) is 1. The lowest BCUT2D eigenvalue weighted by Crippen LogP contribution is -2.38. The molecule has 136 valence electrons. The Hall–Kier alpha value is -2.04. The van der Waals surface area contributed by atoms with Crippen molar-refractivity contribution in [3.05, 3.63) is 28.8 Å². The van der Waals surface area contributed by atoms with E-state index in [4.69, 9.17) is 4.74 Å². The summed E-state index contributed by atoms with van der Waals surface area (Å²) in [6, 6.07) is 3.92. The molecule has 1 aromatic carbocycles. The number of carbonyl (C=O) groups excluding carboxylic acids is 2. The molecule has 1 aliphatic carbocycles. The van der Waals surface area contributed by atoms with Crippen LogP contribution in [0, 0.1) is 19.8 Å². The molecule has 0 aromatic heterocycles. The van der Waals surface area contributed by atoms with Crippen LogP contribution in [0.15, 0.2) is 12.1 Å². The van der Waals surface area contributed by atoms with Gasteiger partial charge in [-0.15, -0.1) is 0 Å². The fourth-order valence-corrected chi connectivity index (χ4v) is 3.52. The summed E-state index contributed by atoms with van der Waals surface area (Å²) < 4.78 is 5.34. The number of amides is 2. The number of rotatable bonds is 4. The number of methoxy groups -OCH3 is 1. The zero-order chi connectivity index (χ0) is 18.0. The summed E-state index contributed by atoms with van der Waals surface area (Å²) >= 11 is 0. The molecule has 1 saturated carbocycles. The van der Waals surface area contributed by atoms with Crippen molar-refractivity contribution in [2.24, 2.45) is 5.92 Å². The van der Waals surface area contributed by atoms with E-state index in [0.29, 0.717) is 19.5 Å². The molecule has 0 radical (unpaired) electrons. The molecule has 2 aliphatic rings. The summed E-state index contributed by atoms with van der Waals surface area (Å²) in [6.45, 7) is 6.89. The van der Waals surface area contributed by atoms with Crippen molar-refractivity contribution in [2.45, 2.75) is 39.5 Å². The van der Waals surface area contributed by atoms with E-state index in [1.165, 1.54) is 0 Å². The van der Waals surface area contributed by atoms with Gasteiger partial charge in [-0.05, 0) is 55.9 Å². The molecular formula is C20H28N2O3. The molecule has 5 heteroatoms. The predicted octanol–water partition coefficient (Wildman–Crippen LogP) is 2.33. The second-order valence-corrected chi connectivity index (χ2v) is 7.19. The van der Waals surface area contributed by atoms with Crippen molar-refractivity contribution >= 4 is 11.8 Å². The molecule has 25 heavy (non-hydrogen) atoms. The van der Waals surface area contributed by atoms with Crippen LogP contribution in [0.25, 0.3) is 0 Å². The molecule has 2 fully saturated rings. The minimum Gasteiger partial charge on any atom is -0.496 e. The monoisotopic (exact) mass is 344 g/mol. The number of hydrogen-bond acceptors (Lipinski definition) is 3. The zero-order valence-corrected chi connectivity index (χ0v) is 15.5. The average Bonchev–Trinajstić information content (AvgIpc) is 3.45. The Kier molecular flexibility index (Phi) is 5.30.